The molecule has 4 rings (SSSR count). The predicted molar refractivity (Wildman–Crippen MR) is 121 cm³/mol. The highest BCUT2D eigenvalue weighted by molar-refractivity contribution is 6.33. The van der Waals surface area contributed by atoms with Crippen LogP contribution in [0.3, 0.4) is 0 Å². The van der Waals surface area contributed by atoms with E-state index in [0.717, 1.165) is 11.3 Å². The smallest absolute Gasteiger partial charge is 0.255 e. The third-order valence-corrected chi connectivity index (χ3v) is 6.03. The van der Waals surface area contributed by atoms with E-state index in [1.807, 2.05) is 18.2 Å². The lowest BCUT2D eigenvalue weighted by molar-refractivity contribution is 0.102. The van der Waals surface area contributed by atoms with Crippen LogP contribution >= 0.6 is 11.6 Å². The van der Waals surface area contributed by atoms with Gasteiger partial charge in [0, 0.05) is 23.0 Å². The summed E-state index contributed by atoms with van der Waals surface area (Å²) in [6.07, 6.45) is 8.17. The average molecular weight is 421 g/mol. The number of rotatable bonds is 5. The fraction of sp³-hybridized carbons (Fsp3) is 0.280. The predicted octanol–water partition coefficient (Wildman–Crippen LogP) is 6.71. The first-order valence-corrected chi connectivity index (χ1v) is 10.7. The standard InChI is InChI=1S/C25H25ClN2O2/c1-30-23-16-19(11-14-21(23)24-22(26)8-5-15-27-24)25(29)28-20-12-9-18(10-13-20)17-6-3-2-4-7-17/h5,8-17H,2-4,6-7H2,1H3,(H,28,29). The molecule has 30 heavy (non-hydrogen) atoms. The van der Waals surface area contributed by atoms with Crippen molar-refractivity contribution in [1.82, 2.24) is 4.98 Å². The zero-order valence-electron chi connectivity index (χ0n) is 17.0. The molecule has 154 valence electrons. The molecule has 1 heterocycles. The number of anilines is 1. The number of ether oxygens (including phenoxy) is 1. The number of hydrogen-bond acceptors (Lipinski definition) is 3. The molecule has 1 aliphatic rings. The number of carbonyl (C=O) groups is 1. The lowest BCUT2D eigenvalue weighted by atomic mass is 9.84. The number of aromatic nitrogens is 1. The van der Waals surface area contributed by atoms with Gasteiger partial charge < -0.3 is 10.1 Å². The lowest BCUT2D eigenvalue weighted by Crippen LogP contribution is -2.12. The summed E-state index contributed by atoms with van der Waals surface area (Å²) in [6, 6.07) is 17.1. The zero-order chi connectivity index (χ0) is 20.9. The van der Waals surface area contributed by atoms with Gasteiger partial charge in [0.15, 0.2) is 0 Å². The summed E-state index contributed by atoms with van der Waals surface area (Å²) in [5.41, 5.74) is 4.04. The van der Waals surface area contributed by atoms with Crippen LogP contribution < -0.4 is 10.1 Å². The molecule has 0 atom stereocenters. The topological polar surface area (TPSA) is 51.2 Å². The SMILES string of the molecule is COc1cc(C(=O)Nc2ccc(C3CCCCC3)cc2)ccc1-c1ncccc1Cl. The van der Waals surface area contributed by atoms with Crippen LogP contribution in [0.1, 0.15) is 53.9 Å². The molecule has 0 bridgehead atoms. The molecule has 3 aromatic rings. The summed E-state index contributed by atoms with van der Waals surface area (Å²) < 4.78 is 5.50. The fourth-order valence-corrected chi connectivity index (χ4v) is 4.31. The molecule has 0 radical (unpaired) electrons. The molecule has 1 aliphatic carbocycles. The Hall–Kier alpha value is -2.85. The van der Waals surface area contributed by atoms with Crippen molar-refractivity contribution in [2.75, 3.05) is 12.4 Å². The van der Waals surface area contributed by atoms with Crippen molar-refractivity contribution in [2.45, 2.75) is 38.0 Å². The van der Waals surface area contributed by atoms with Crippen LogP contribution in [0, 0.1) is 0 Å². The highest BCUT2D eigenvalue weighted by Gasteiger charge is 2.17. The number of methoxy groups -OCH3 is 1. The number of hydrogen-bond donors (Lipinski definition) is 1. The average Bonchev–Trinajstić information content (AvgIpc) is 2.80. The normalized spacial score (nSPS) is 14.3. The van der Waals surface area contributed by atoms with E-state index in [4.69, 9.17) is 16.3 Å². The highest BCUT2D eigenvalue weighted by atomic mass is 35.5. The second kappa shape index (κ2) is 9.31. The number of amides is 1. The molecule has 0 unspecified atom stereocenters. The molecular formula is C25H25ClN2O2. The molecule has 1 aromatic heterocycles. The van der Waals surface area contributed by atoms with Crippen molar-refractivity contribution >= 4 is 23.2 Å². The first-order chi connectivity index (χ1) is 14.7. The van der Waals surface area contributed by atoms with Gasteiger partial charge in [0.1, 0.15) is 5.75 Å². The Morgan fingerprint density at radius 2 is 1.83 bits per heavy atom. The molecule has 4 nitrogen and oxygen atoms in total. The Balaban J connectivity index is 1.50. The first-order valence-electron chi connectivity index (χ1n) is 10.4. The van der Waals surface area contributed by atoms with E-state index in [-0.39, 0.29) is 5.91 Å². The van der Waals surface area contributed by atoms with Crippen LogP contribution in [0.15, 0.2) is 60.8 Å². The van der Waals surface area contributed by atoms with Crippen molar-refractivity contribution in [2.24, 2.45) is 0 Å². The summed E-state index contributed by atoms with van der Waals surface area (Å²) >= 11 is 6.27. The van der Waals surface area contributed by atoms with Crippen molar-refractivity contribution < 1.29 is 9.53 Å². The fourth-order valence-electron chi connectivity index (χ4n) is 4.09. The van der Waals surface area contributed by atoms with Crippen LogP contribution in [0.5, 0.6) is 5.75 Å². The molecule has 5 heteroatoms. The molecule has 1 N–H and O–H groups in total. The number of pyridine rings is 1. The molecule has 2 aromatic carbocycles. The van der Waals surface area contributed by atoms with Crippen LogP contribution in [0.25, 0.3) is 11.3 Å². The summed E-state index contributed by atoms with van der Waals surface area (Å²) in [5, 5.41) is 3.51. The number of nitrogens with one attached hydrogen (secondary N) is 1. The Kier molecular flexibility index (Phi) is 6.34. The number of halogens is 1. The first kappa shape index (κ1) is 20.4. The van der Waals surface area contributed by atoms with Crippen molar-refractivity contribution in [3.63, 3.8) is 0 Å². The maximum atomic E-state index is 12.8. The molecule has 1 amide bonds. The second-order valence-corrected chi connectivity index (χ2v) is 8.07. The molecule has 1 fully saturated rings. The van der Waals surface area contributed by atoms with E-state index in [2.05, 4.69) is 22.4 Å². The van der Waals surface area contributed by atoms with E-state index in [9.17, 15) is 4.79 Å². The third kappa shape index (κ3) is 4.49. The lowest BCUT2D eigenvalue weighted by Gasteiger charge is -2.22. The largest absolute Gasteiger partial charge is 0.496 e. The van der Waals surface area contributed by atoms with Gasteiger partial charge in [0.25, 0.3) is 5.91 Å². The second-order valence-electron chi connectivity index (χ2n) is 7.66. The number of nitrogens with zero attached hydrogens (tertiary/aromatic N) is 1. The van der Waals surface area contributed by atoms with E-state index >= 15 is 0 Å². The van der Waals surface area contributed by atoms with E-state index in [1.54, 1.807) is 37.6 Å². The van der Waals surface area contributed by atoms with Gasteiger partial charge in [0.2, 0.25) is 0 Å². The van der Waals surface area contributed by atoms with Gasteiger partial charge in [-0.2, -0.15) is 0 Å². The molecule has 0 spiro atoms. The van der Waals surface area contributed by atoms with Gasteiger partial charge in [-0.1, -0.05) is 43.0 Å². The van der Waals surface area contributed by atoms with Crippen molar-refractivity contribution in [3.8, 4) is 17.0 Å². The maximum absolute atomic E-state index is 12.8. The van der Waals surface area contributed by atoms with Gasteiger partial charge in [-0.05, 0) is 66.8 Å². The number of carbonyl (C=O) groups excluding carboxylic acids is 1. The van der Waals surface area contributed by atoms with E-state index < -0.39 is 0 Å². The van der Waals surface area contributed by atoms with Crippen molar-refractivity contribution in [3.05, 3.63) is 76.9 Å². The minimum absolute atomic E-state index is 0.183. The summed E-state index contributed by atoms with van der Waals surface area (Å²) in [7, 11) is 1.57. The summed E-state index contributed by atoms with van der Waals surface area (Å²) in [4.78, 5) is 17.1. The number of benzene rings is 2. The molecule has 0 saturated heterocycles. The molecule has 0 aliphatic heterocycles. The highest BCUT2D eigenvalue weighted by Crippen LogP contribution is 2.35. The monoisotopic (exact) mass is 420 g/mol. The van der Waals surface area contributed by atoms with Crippen LogP contribution in [0.4, 0.5) is 5.69 Å². The van der Waals surface area contributed by atoms with Crippen LogP contribution in [-0.2, 0) is 0 Å². The Morgan fingerprint density at radius 3 is 2.53 bits per heavy atom. The van der Waals surface area contributed by atoms with Gasteiger partial charge in [-0.15, -0.1) is 0 Å². The van der Waals surface area contributed by atoms with Crippen LogP contribution in [0.2, 0.25) is 5.02 Å². The minimum Gasteiger partial charge on any atom is -0.496 e. The van der Waals surface area contributed by atoms with Crippen LogP contribution in [-0.4, -0.2) is 18.0 Å². The third-order valence-electron chi connectivity index (χ3n) is 5.72. The quantitative estimate of drug-likeness (QED) is 0.499. The molecule has 1 saturated carbocycles. The van der Waals surface area contributed by atoms with E-state index in [0.29, 0.717) is 27.9 Å². The Labute approximate surface area is 182 Å². The zero-order valence-corrected chi connectivity index (χ0v) is 17.8. The van der Waals surface area contributed by atoms with Gasteiger partial charge in [0.05, 0.1) is 17.8 Å². The van der Waals surface area contributed by atoms with E-state index in [1.165, 1.54) is 37.7 Å². The Bertz CT molecular complexity index is 1030. The summed E-state index contributed by atoms with van der Waals surface area (Å²) in [5.74, 6) is 1.02. The maximum Gasteiger partial charge on any atom is 0.255 e. The van der Waals surface area contributed by atoms with Crippen molar-refractivity contribution in [1.29, 1.82) is 0 Å². The van der Waals surface area contributed by atoms with Gasteiger partial charge in [-0.25, -0.2) is 0 Å². The molecular weight excluding hydrogens is 396 g/mol. The van der Waals surface area contributed by atoms with Gasteiger partial charge in [-0.3, -0.25) is 9.78 Å². The summed E-state index contributed by atoms with van der Waals surface area (Å²) in [6.45, 7) is 0. The Morgan fingerprint density at radius 1 is 1.07 bits per heavy atom. The minimum atomic E-state index is -0.183. The van der Waals surface area contributed by atoms with Gasteiger partial charge >= 0.3 is 0 Å².